The second kappa shape index (κ2) is 7.44. The Morgan fingerprint density at radius 2 is 1.17 bits per heavy atom. The van der Waals surface area contributed by atoms with Crippen molar-refractivity contribution in [2.24, 2.45) is 0 Å². The maximum atomic E-state index is 14.3. The SMILES string of the molecule is COc1ccc(-c2ccc(-c3ccc4c(F)c(C(F)(F)F)c(F)cc4c3)cc2)cc1. The standard InChI is InChI=1S/C24H15F5O/c1-30-19-9-6-15(7-10-19)14-2-4-16(5-3-14)17-8-11-20-18(12-17)13-21(25)22(23(20)26)24(27,28)29/h2-13H,1H3. The van der Waals surface area contributed by atoms with Crippen LogP contribution in [0.2, 0.25) is 0 Å². The summed E-state index contributed by atoms with van der Waals surface area (Å²) in [5.74, 6) is -2.47. The Kier molecular flexibility index (Phi) is 4.94. The molecule has 30 heavy (non-hydrogen) atoms. The Labute approximate surface area is 169 Å². The van der Waals surface area contributed by atoms with Crippen LogP contribution < -0.4 is 4.74 Å². The molecule has 4 aromatic carbocycles. The summed E-state index contributed by atoms with van der Waals surface area (Å²) in [6.07, 6.45) is -5.10. The Balaban J connectivity index is 1.71. The van der Waals surface area contributed by atoms with Crippen molar-refractivity contribution in [1.82, 2.24) is 0 Å². The lowest BCUT2D eigenvalue weighted by molar-refractivity contribution is -0.142. The number of rotatable bonds is 3. The quantitative estimate of drug-likeness (QED) is 0.316. The molecule has 0 saturated carbocycles. The van der Waals surface area contributed by atoms with E-state index in [-0.39, 0.29) is 10.8 Å². The molecular formula is C24H15F5O. The summed E-state index contributed by atoms with van der Waals surface area (Å²) in [5.41, 5.74) is 1.50. The highest BCUT2D eigenvalue weighted by Gasteiger charge is 2.38. The van der Waals surface area contributed by atoms with Gasteiger partial charge in [0.15, 0.2) is 0 Å². The van der Waals surface area contributed by atoms with Gasteiger partial charge in [-0.3, -0.25) is 0 Å². The molecule has 0 N–H and O–H groups in total. The van der Waals surface area contributed by atoms with Gasteiger partial charge in [-0.25, -0.2) is 8.78 Å². The predicted octanol–water partition coefficient (Wildman–Crippen LogP) is 7.48. The van der Waals surface area contributed by atoms with Crippen LogP contribution in [-0.4, -0.2) is 7.11 Å². The van der Waals surface area contributed by atoms with E-state index in [9.17, 15) is 22.0 Å². The van der Waals surface area contributed by atoms with E-state index in [1.54, 1.807) is 7.11 Å². The molecule has 0 aliphatic heterocycles. The molecule has 0 atom stereocenters. The Morgan fingerprint density at radius 1 is 0.667 bits per heavy atom. The molecule has 0 radical (unpaired) electrons. The predicted molar refractivity (Wildman–Crippen MR) is 106 cm³/mol. The second-order valence-electron chi connectivity index (χ2n) is 6.79. The summed E-state index contributed by atoms with van der Waals surface area (Å²) in [5, 5.41) is -0.211. The average molecular weight is 414 g/mol. The number of halogens is 5. The van der Waals surface area contributed by atoms with Gasteiger partial charge in [0, 0.05) is 5.39 Å². The van der Waals surface area contributed by atoms with Gasteiger partial charge in [0.1, 0.15) is 22.9 Å². The van der Waals surface area contributed by atoms with Crippen molar-refractivity contribution in [2.45, 2.75) is 6.18 Å². The minimum Gasteiger partial charge on any atom is -0.497 e. The van der Waals surface area contributed by atoms with Crippen molar-refractivity contribution < 1.29 is 26.7 Å². The van der Waals surface area contributed by atoms with Crippen molar-refractivity contribution in [3.8, 4) is 28.0 Å². The van der Waals surface area contributed by atoms with E-state index in [1.165, 1.54) is 18.2 Å². The van der Waals surface area contributed by atoms with Gasteiger partial charge in [0.25, 0.3) is 0 Å². The number of ether oxygens (including phenoxy) is 1. The van der Waals surface area contributed by atoms with E-state index < -0.39 is 23.4 Å². The summed E-state index contributed by atoms with van der Waals surface area (Å²) >= 11 is 0. The van der Waals surface area contributed by atoms with Crippen LogP contribution in [0.25, 0.3) is 33.0 Å². The second-order valence-corrected chi connectivity index (χ2v) is 6.79. The van der Waals surface area contributed by atoms with Crippen molar-refractivity contribution in [3.05, 3.63) is 90.0 Å². The fraction of sp³-hybridized carbons (Fsp3) is 0.0833. The minimum absolute atomic E-state index is 0.0646. The Morgan fingerprint density at radius 3 is 1.70 bits per heavy atom. The number of methoxy groups -OCH3 is 1. The molecule has 1 nitrogen and oxygen atoms in total. The molecule has 0 unspecified atom stereocenters. The molecule has 0 aliphatic carbocycles. The summed E-state index contributed by atoms with van der Waals surface area (Å²) in [6.45, 7) is 0. The molecule has 4 rings (SSSR count). The normalized spacial score (nSPS) is 11.7. The van der Waals surface area contributed by atoms with E-state index in [1.807, 2.05) is 48.5 Å². The summed E-state index contributed by atoms with van der Waals surface area (Å²) in [4.78, 5) is 0. The molecule has 4 aromatic rings. The van der Waals surface area contributed by atoms with E-state index in [0.717, 1.165) is 28.5 Å². The first-order valence-corrected chi connectivity index (χ1v) is 9.02. The van der Waals surface area contributed by atoms with Gasteiger partial charge >= 0.3 is 6.18 Å². The maximum absolute atomic E-state index is 14.3. The smallest absolute Gasteiger partial charge is 0.422 e. The van der Waals surface area contributed by atoms with Crippen LogP contribution in [0.1, 0.15) is 5.56 Å². The number of fused-ring (bicyclic) bond motifs is 1. The van der Waals surface area contributed by atoms with Gasteiger partial charge in [-0.05, 0) is 51.9 Å². The minimum atomic E-state index is -5.10. The van der Waals surface area contributed by atoms with Crippen molar-refractivity contribution in [3.63, 3.8) is 0 Å². The highest BCUT2D eigenvalue weighted by molar-refractivity contribution is 5.89. The lowest BCUT2D eigenvalue weighted by Gasteiger charge is -2.12. The number of hydrogen-bond donors (Lipinski definition) is 0. The molecular weight excluding hydrogens is 399 g/mol. The van der Waals surface area contributed by atoms with Gasteiger partial charge in [-0.15, -0.1) is 0 Å². The van der Waals surface area contributed by atoms with E-state index in [2.05, 4.69) is 0 Å². The van der Waals surface area contributed by atoms with Crippen molar-refractivity contribution in [2.75, 3.05) is 7.11 Å². The molecule has 0 saturated heterocycles. The third kappa shape index (κ3) is 3.61. The molecule has 0 heterocycles. The molecule has 0 aromatic heterocycles. The average Bonchev–Trinajstić information content (AvgIpc) is 2.72. The van der Waals surface area contributed by atoms with Gasteiger partial charge < -0.3 is 4.74 Å². The van der Waals surface area contributed by atoms with Crippen LogP contribution in [-0.2, 0) is 6.18 Å². The van der Waals surface area contributed by atoms with Crippen LogP contribution in [0, 0.1) is 11.6 Å². The summed E-state index contributed by atoms with van der Waals surface area (Å²) in [7, 11) is 1.59. The van der Waals surface area contributed by atoms with Gasteiger partial charge in [-0.2, -0.15) is 13.2 Å². The van der Waals surface area contributed by atoms with E-state index >= 15 is 0 Å². The topological polar surface area (TPSA) is 9.23 Å². The molecule has 0 amide bonds. The van der Waals surface area contributed by atoms with Crippen LogP contribution in [0.3, 0.4) is 0 Å². The zero-order chi connectivity index (χ0) is 21.5. The highest BCUT2D eigenvalue weighted by Crippen LogP contribution is 2.38. The first kappa shape index (κ1) is 19.9. The first-order valence-electron chi connectivity index (χ1n) is 9.02. The highest BCUT2D eigenvalue weighted by atomic mass is 19.4. The number of benzene rings is 4. The number of alkyl halides is 3. The van der Waals surface area contributed by atoms with Crippen LogP contribution in [0.5, 0.6) is 5.75 Å². The van der Waals surface area contributed by atoms with Crippen LogP contribution >= 0.6 is 0 Å². The molecule has 152 valence electrons. The number of hydrogen-bond acceptors (Lipinski definition) is 1. The molecule has 0 fully saturated rings. The fourth-order valence-electron chi connectivity index (χ4n) is 3.41. The lowest BCUT2D eigenvalue weighted by Crippen LogP contribution is -2.11. The van der Waals surface area contributed by atoms with Gasteiger partial charge in [-0.1, -0.05) is 48.5 Å². The summed E-state index contributed by atoms with van der Waals surface area (Å²) in [6, 6.07) is 20.0. The molecule has 0 bridgehead atoms. The fourth-order valence-corrected chi connectivity index (χ4v) is 3.41. The first-order chi connectivity index (χ1) is 14.3. The van der Waals surface area contributed by atoms with Crippen molar-refractivity contribution in [1.29, 1.82) is 0 Å². The van der Waals surface area contributed by atoms with Crippen LogP contribution in [0.4, 0.5) is 22.0 Å². The Hall–Kier alpha value is -3.41. The molecule has 6 heteroatoms. The van der Waals surface area contributed by atoms with Crippen molar-refractivity contribution >= 4 is 10.8 Å². The van der Waals surface area contributed by atoms with Gasteiger partial charge in [0.2, 0.25) is 0 Å². The zero-order valence-corrected chi connectivity index (χ0v) is 15.7. The van der Waals surface area contributed by atoms with Gasteiger partial charge in [0.05, 0.1) is 7.11 Å². The molecule has 0 spiro atoms. The third-order valence-corrected chi connectivity index (χ3v) is 4.95. The third-order valence-electron chi connectivity index (χ3n) is 4.95. The van der Waals surface area contributed by atoms with E-state index in [0.29, 0.717) is 5.56 Å². The Bertz CT molecular complexity index is 1210. The van der Waals surface area contributed by atoms with Crippen LogP contribution in [0.15, 0.2) is 72.8 Å². The zero-order valence-electron chi connectivity index (χ0n) is 15.7. The maximum Gasteiger partial charge on any atom is 0.422 e. The molecule has 0 aliphatic rings. The van der Waals surface area contributed by atoms with E-state index in [4.69, 9.17) is 4.74 Å². The lowest BCUT2D eigenvalue weighted by atomic mass is 9.97. The summed E-state index contributed by atoms with van der Waals surface area (Å²) < 4.78 is 72.1. The monoisotopic (exact) mass is 414 g/mol. The largest absolute Gasteiger partial charge is 0.497 e.